The third-order valence-electron chi connectivity index (χ3n) is 4.56. The molecule has 20 heavy (non-hydrogen) atoms. The van der Waals surface area contributed by atoms with E-state index >= 15 is 0 Å². The van der Waals surface area contributed by atoms with E-state index in [0.29, 0.717) is 18.0 Å². The van der Waals surface area contributed by atoms with Crippen molar-refractivity contribution >= 4 is 0 Å². The Labute approximate surface area is 124 Å². The molecule has 112 valence electrons. The van der Waals surface area contributed by atoms with Crippen molar-refractivity contribution in [2.24, 2.45) is 5.92 Å². The smallest absolute Gasteiger partial charge is 0.0478 e. The summed E-state index contributed by atoms with van der Waals surface area (Å²) >= 11 is 0. The fourth-order valence-electron chi connectivity index (χ4n) is 3.61. The van der Waals surface area contributed by atoms with Gasteiger partial charge in [0, 0.05) is 12.1 Å². The number of likely N-dealkylation sites (tertiary alicyclic amines) is 1. The van der Waals surface area contributed by atoms with Gasteiger partial charge in [-0.05, 0) is 44.5 Å². The number of likely N-dealkylation sites (N-methyl/N-ethyl adjacent to an activating group) is 1. The molecule has 0 bridgehead atoms. The zero-order valence-corrected chi connectivity index (χ0v) is 13.3. The van der Waals surface area contributed by atoms with Crippen LogP contribution in [0, 0.1) is 5.92 Å². The van der Waals surface area contributed by atoms with Crippen LogP contribution in [0.15, 0.2) is 30.3 Å². The van der Waals surface area contributed by atoms with Crippen LogP contribution >= 0.6 is 0 Å². The van der Waals surface area contributed by atoms with E-state index in [4.69, 9.17) is 0 Å². The van der Waals surface area contributed by atoms with E-state index in [0.717, 1.165) is 0 Å². The Morgan fingerprint density at radius 2 is 1.55 bits per heavy atom. The number of rotatable bonds is 5. The summed E-state index contributed by atoms with van der Waals surface area (Å²) in [7, 11) is 2.10. The third-order valence-corrected chi connectivity index (χ3v) is 4.56. The fourth-order valence-corrected chi connectivity index (χ4v) is 3.61. The zero-order chi connectivity index (χ0) is 14.4. The lowest BCUT2D eigenvalue weighted by Crippen LogP contribution is -2.47. The van der Waals surface area contributed by atoms with Crippen molar-refractivity contribution in [1.29, 1.82) is 0 Å². The normalized spacial score (nSPS) is 20.6. The molecule has 2 unspecified atom stereocenters. The highest BCUT2D eigenvalue weighted by Gasteiger charge is 2.30. The number of benzene rings is 1. The first-order chi connectivity index (χ1) is 9.74. The molecule has 0 spiro atoms. The molecule has 2 atom stereocenters. The molecule has 1 N–H and O–H groups in total. The topological polar surface area (TPSA) is 15.3 Å². The molecule has 0 aromatic heterocycles. The molecule has 2 heteroatoms. The predicted molar refractivity (Wildman–Crippen MR) is 86.9 cm³/mol. The van der Waals surface area contributed by atoms with E-state index in [1.54, 1.807) is 0 Å². The SMILES string of the molecule is CNC(c1ccccc1)C(C(C)C)N1CCCCCC1. The van der Waals surface area contributed by atoms with Gasteiger partial charge in [-0.15, -0.1) is 0 Å². The van der Waals surface area contributed by atoms with Crippen LogP contribution in [-0.4, -0.2) is 31.1 Å². The number of hydrogen-bond donors (Lipinski definition) is 1. The molecule has 1 heterocycles. The van der Waals surface area contributed by atoms with Gasteiger partial charge >= 0.3 is 0 Å². The summed E-state index contributed by atoms with van der Waals surface area (Å²) < 4.78 is 0. The van der Waals surface area contributed by atoms with Crippen LogP contribution in [0.25, 0.3) is 0 Å². The van der Waals surface area contributed by atoms with Crippen LogP contribution in [0.3, 0.4) is 0 Å². The minimum absolute atomic E-state index is 0.425. The largest absolute Gasteiger partial charge is 0.312 e. The molecule has 0 saturated carbocycles. The maximum absolute atomic E-state index is 3.58. The standard InChI is InChI=1S/C18H30N2/c1-15(2)18(20-13-9-4-5-10-14-20)17(19-3)16-11-7-6-8-12-16/h6-8,11-12,15,17-19H,4-5,9-10,13-14H2,1-3H3. The Balaban J connectivity index is 2.21. The van der Waals surface area contributed by atoms with Gasteiger partial charge in [-0.1, -0.05) is 57.0 Å². The molecule has 1 fully saturated rings. The maximum Gasteiger partial charge on any atom is 0.0478 e. The van der Waals surface area contributed by atoms with Gasteiger partial charge in [-0.2, -0.15) is 0 Å². The average Bonchev–Trinajstić information content (AvgIpc) is 2.74. The molecule has 1 aliphatic rings. The Morgan fingerprint density at radius 1 is 0.950 bits per heavy atom. The average molecular weight is 274 g/mol. The van der Waals surface area contributed by atoms with E-state index in [9.17, 15) is 0 Å². The van der Waals surface area contributed by atoms with Gasteiger partial charge < -0.3 is 5.32 Å². The van der Waals surface area contributed by atoms with Crippen molar-refractivity contribution < 1.29 is 0 Å². The van der Waals surface area contributed by atoms with E-state index in [1.807, 2.05) is 0 Å². The lowest BCUT2D eigenvalue weighted by atomic mass is 9.89. The Morgan fingerprint density at radius 3 is 2.05 bits per heavy atom. The quantitative estimate of drug-likeness (QED) is 0.877. The predicted octanol–water partition coefficient (Wildman–Crippen LogP) is 3.85. The molecule has 2 nitrogen and oxygen atoms in total. The Kier molecular flexibility index (Phi) is 6.06. The first-order valence-corrected chi connectivity index (χ1v) is 8.20. The van der Waals surface area contributed by atoms with E-state index in [-0.39, 0.29) is 0 Å². The van der Waals surface area contributed by atoms with Crippen molar-refractivity contribution in [3.8, 4) is 0 Å². The highest BCUT2D eigenvalue weighted by atomic mass is 15.2. The molecular formula is C18H30N2. The summed E-state index contributed by atoms with van der Waals surface area (Å²) in [5.41, 5.74) is 1.41. The highest BCUT2D eigenvalue weighted by molar-refractivity contribution is 5.21. The van der Waals surface area contributed by atoms with Crippen LogP contribution in [-0.2, 0) is 0 Å². The van der Waals surface area contributed by atoms with Crippen molar-refractivity contribution in [3.05, 3.63) is 35.9 Å². The van der Waals surface area contributed by atoms with E-state index < -0.39 is 0 Å². The first kappa shape index (κ1) is 15.5. The van der Waals surface area contributed by atoms with Gasteiger partial charge in [0.15, 0.2) is 0 Å². The second-order valence-corrected chi connectivity index (χ2v) is 6.36. The summed E-state index contributed by atoms with van der Waals surface area (Å²) in [6.07, 6.45) is 5.51. The van der Waals surface area contributed by atoms with Gasteiger partial charge in [0.25, 0.3) is 0 Å². The first-order valence-electron chi connectivity index (χ1n) is 8.20. The van der Waals surface area contributed by atoms with Crippen LogP contribution in [0.5, 0.6) is 0 Å². The van der Waals surface area contributed by atoms with Crippen LogP contribution < -0.4 is 5.32 Å². The van der Waals surface area contributed by atoms with Crippen molar-refractivity contribution in [1.82, 2.24) is 10.2 Å². The van der Waals surface area contributed by atoms with Gasteiger partial charge in [0.2, 0.25) is 0 Å². The molecule has 1 aromatic rings. The summed E-state index contributed by atoms with van der Waals surface area (Å²) in [6.45, 7) is 7.24. The molecule has 1 saturated heterocycles. The molecule has 2 rings (SSSR count). The second kappa shape index (κ2) is 7.80. The summed E-state index contributed by atoms with van der Waals surface area (Å²) in [5.74, 6) is 0.658. The molecule has 0 amide bonds. The van der Waals surface area contributed by atoms with Crippen molar-refractivity contribution in [3.63, 3.8) is 0 Å². The lowest BCUT2D eigenvalue weighted by Gasteiger charge is -2.39. The van der Waals surface area contributed by atoms with Crippen LogP contribution in [0.4, 0.5) is 0 Å². The van der Waals surface area contributed by atoms with E-state index in [2.05, 4.69) is 61.4 Å². The third kappa shape index (κ3) is 3.83. The summed E-state index contributed by atoms with van der Waals surface area (Å²) in [4.78, 5) is 2.73. The zero-order valence-electron chi connectivity index (χ0n) is 13.3. The number of hydrogen-bond acceptors (Lipinski definition) is 2. The molecule has 1 aliphatic heterocycles. The number of nitrogens with one attached hydrogen (secondary N) is 1. The lowest BCUT2D eigenvalue weighted by molar-refractivity contribution is 0.124. The fraction of sp³-hybridized carbons (Fsp3) is 0.667. The van der Waals surface area contributed by atoms with Crippen LogP contribution in [0.1, 0.15) is 51.1 Å². The van der Waals surface area contributed by atoms with Crippen LogP contribution in [0.2, 0.25) is 0 Å². The van der Waals surface area contributed by atoms with E-state index in [1.165, 1.54) is 44.3 Å². The number of nitrogens with zero attached hydrogens (tertiary/aromatic N) is 1. The molecular weight excluding hydrogens is 244 g/mol. The van der Waals surface area contributed by atoms with Crippen molar-refractivity contribution in [2.45, 2.75) is 51.6 Å². The molecule has 0 aliphatic carbocycles. The Hall–Kier alpha value is -0.860. The minimum Gasteiger partial charge on any atom is -0.312 e. The monoisotopic (exact) mass is 274 g/mol. The van der Waals surface area contributed by atoms with Gasteiger partial charge in [-0.25, -0.2) is 0 Å². The second-order valence-electron chi connectivity index (χ2n) is 6.36. The van der Waals surface area contributed by atoms with Gasteiger partial charge in [0.05, 0.1) is 0 Å². The van der Waals surface area contributed by atoms with Gasteiger partial charge in [0.1, 0.15) is 0 Å². The van der Waals surface area contributed by atoms with Gasteiger partial charge in [-0.3, -0.25) is 4.90 Å². The molecule has 1 aromatic carbocycles. The minimum atomic E-state index is 0.425. The van der Waals surface area contributed by atoms with Crippen molar-refractivity contribution in [2.75, 3.05) is 20.1 Å². The molecule has 0 radical (unpaired) electrons. The highest BCUT2D eigenvalue weighted by Crippen LogP contribution is 2.28. The maximum atomic E-state index is 3.58. The summed E-state index contributed by atoms with van der Waals surface area (Å²) in [5, 5.41) is 3.58. The Bertz CT molecular complexity index is 366. The summed E-state index contributed by atoms with van der Waals surface area (Å²) in [6, 6.07) is 11.9.